The highest BCUT2D eigenvalue weighted by Crippen LogP contribution is 2.27. The highest BCUT2D eigenvalue weighted by Gasteiger charge is 2.32. The molecule has 7 heteroatoms. The number of H-pyrrole nitrogens is 1. The summed E-state index contributed by atoms with van der Waals surface area (Å²) in [5.41, 5.74) is 4.44. The van der Waals surface area contributed by atoms with Gasteiger partial charge in [0.25, 0.3) is 5.91 Å². The molecule has 0 aliphatic carbocycles. The number of esters is 1. The number of nitrogens with one attached hydrogen (secondary N) is 2. The van der Waals surface area contributed by atoms with Gasteiger partial charge in [-0.15, -0.1) is 0 Å². The van der Waals surface area contributed by atoms with Crippen molar-refractivity contribution in [2.45, 2.75) is 54.0 Å². The molecular weight excluding hydrogens is 418 g/mol. The molecule has 1 saturated heterocycles. The molecule has 2 aromatic rings. The molecule has 1 aliphatic heterocycles. The van der Waals surface area contributed by atoms with Gasteiger partial charge in [0, 0.05) is 31.2 Å². The van der Waals surface area contributed by atoms with Gasteiger partial charge in [-0.05, 0) is 63.1 Å². The Bertz CT molecular complexity index is 1020. The molecule has 1 atom stereocenters. The Hall–Kier alpha value is -3.09. The van der Waals surface area contributed by atoms with E-state index in [0.29, 0.717) is 42.1 Å². The largest absolute Gasteiger partial charge is 0.462 e. The van der Waals surface area contributed by atoms with Gasteiger partial charge in [-0.3, -0.25) is 9.59 Å². The summed E-state index contributed by atoms with van der Waals surface area (Å²) in [5.74, 6) is -0.352. The molecule has 1 fully saturated rings. The van der Waals surface area contributed by atoms with E-state index in [4.69, 9.17) is 4.74 Å². The minimum atomic E-state index is -0.410. The molecule has 0 radical (unpaired) electrons. The average Bonchev–Trinajstić information content (AvgIpc) is 3.11. The first kappa shape index (κ1) is 24.6. The molecule has 3 rings (SSSR count). The fraction of sp³-hybridized carbons (Fsp3) is 0.500. The number of ether oxygens (including phenoxy) is 1. The second-order valence-corrected chi connectivity index (χ2v) is 8.91. The van der Waals surface area contributed by atoms with Crippen LogP contribution in [0.1, 0.15) is 69.9 Å². The number of piperidine rings is 1. The summed E-state index contributed by atoms with van der Waals surface area (Å²) < 4.78 is 5.12. The molecule has 0 saturated carbocycles. The molecule has 178 valence electrons. The maximum atomic E-state index is 13.1. The minimum Gasteiger partial charge on any atom is -0.462 e. The first-order valence-electron chi connectivity index (χ1n) is 11.7. The smallest absolute Gasteiger partial charge is 0.340 e. The summed E-state index contributed by atoms with van der Waals surface area (Å²) >= 11 is 0. The molecule has 1 aliphatic rings. The van der Waals surface area contributed by atoms with Crippen LogP contribution in [0.25, 0.3) is 0 Å². The van der Waals surface area contributed by atoms with Crippen molar-refractivity contribution < 1.29 is 19.1 Å². The van der Waals surface area contributed by atoms with Crippen LogP contribution in [0, 0.1) is 32.6 Å². The number of hydrogen-bond acceptors (Lipinski definition) is 4. The second kappa shape index (κ2) is 10.7. The molecule has 0 spiro atoms. The van der Waals surface area contributed by atoms with E-state index < -0.39 is 5.97 Å². The Labute approximate surface area is 195 Å². The normalized spacial score (nSPS) is 15.2. The lowest BCUT2D eigenvalue weighted by molar-refractivity contribution is -0.126. The summed E-state index contributed by atoms with van der Waals surface area (Å²) in [6, 6.07) is 8.04. The third-order valence-corrected chi connectivity index (χ3v) is 6.79. The van der Waals surface area contributed by atoms with Crippen LogP contribution in [0.2, 0.25) is 0 Å². The standard InChI is InChI=1S/C26H35N3O4/c1-6-33-26(32)22-18(4)23(28-19(22)5)25(31)29-13-11-20(12-14-29)17(3)24(30)27-15-21-10-8-7-9-16(21)2/h7-10,17,20,28H,6,11-15H2,1-5H3,(H,27,30)/t17-/m0/s1. The van der Waals surface area contributed by atoms with Crippen molar-refractivity contribution in [3.63, 3.8) is 0 Å². The Morgan fingerprint density at radius 2 is 1.82 bits per heavy atom. The van der Waals surface area contributed by atoms with Crippen LogP contribution in [0.4, 0.5) is 0 Å². The summed E-state index contributed by atoms with van der Waals surface area (Å²) in [4.78, 5) is 43.0. The Kier molecular flexibility index (Phi) is 7.95. The van der Waals surface area contributed by atoms with Crippen molar-refractivity contribution in [2.24, 2.45) is 11.8 Å². The molecule has 7 nitrogen and oxygen atoms in total. The van der Waals surface area contributed by atoms with Gasteiger partial charge in [0.15, 0.2) is 0 Å². The topological polar surface area (TPSA) is 91.5 Å². The molecule has 33 heavy (non-hydrogen) atoms. The number of carbonyl (C=O) groups is 3. The average molecular weight is 454 g/mol. The van der Waals surface area contributed by atoms with Crippen molar-refractivity contribution in [3.8, 4) is 0 Å². The summed E-state index contributed by atoms with van der Waals surface area (Å²) in [7, 11) is 0. The number of aromatic amines is 1. The quantitative estimate of drug-likeness (QED) is 0.622. The third kappa shape index (κ3) is 5.46. The van der Waals surface area contributed by atoms with Crippen LogP contribution in [0.5, 0.6) is 0 Å². The van der Waals surface area contributed by atoms with E-state index in [1.165, 1.54) is 5.56 Å². The van der Waals surface area contributed by atoms with Crippen LogP contribution >= 0.6 is 0 Å². The fourth-order valence-corrected chi connectivity index (χ4v) is 4.60. The summed E-state index contributed by atoms with van der Waals surface area (Å²) in [6.07, 6.45) is 1.54. The van der Waals surface area contributed by atoms with Crippen LogP contribution < -0.4 is 5.32 Å². The van der Waals surface area contributed by atoms with Crippen LogP contribution in [-0.4, -0.2) is 47.4 Å². The molecule has 2 amide bonds. The van der Waals surface area contributed by atoms with E-state index in [1.807, 2.05) is 43.0 Å². The van der Waals surface area contributed by atoms with Gasteiger partial charge in [-0.25, -0.2) is 4.79 Å². The van der Waals surface area contributed by atoms with Crippen LogP contribution in [0.15, 0.2) is 24.3 Å². The van der Waals surface area contributed by atoms with Crippen LogP contribution in [0.3, 0.4) is 0 Å². The number of likely N-dealkylation sites (tertiary alicyclic amines) is 1. The van der Waals surface area contributed by atoms with Gasteiger partial charge in [0.1, 0.15) is 5.69 Å². The highest BCUT2D eigenvalue weighted by atomic mass is 16.5. The Morgan fingerprint density at radius 3 is 2.45 bits per heavy atom. The third-order valence-electron chi connectivity index (χ3n) is 6.79. The van der Waals surface area contributed by atoms with E-state index in [0.717, 1.165) is 18.4 Å². The lowest BCUT2D eigenvalue weighted by atomic mass is 9.84. The molecule has 1 aromatic heterocycles. The molecule has 0 unspecified atom stereocenters. The van der Waals surface area contributed by atoms with Gasteiger partial charge in [-0.1, -0.05) is 31.2 Å². The first-order chi connectivity index (χ1) is 15.7. The molecule has 2 N–H and O–H groups in total. The lowest BCUT2D eigenvalue weighted by Gasteiger charge is -2.34. The Balaban J connectivity index is 1.56. The monoisotopic (exact) mass is 453 g/mol. The highest BCUT2D eigenvalue weighted by molar-refractivity contribution is 6.00. The number of aromatic nitrogens is 1. The van der Waals surface area contributed by atoms with Crippen molar-refractivity contribution in [1.82, 2.24) is 15.2 Å². The molecule has 1 aromatic carbocycles. The van der Waals surface area contributed by atoms with E-state index in [2.05, 4.69) is 10.3 Å². The molecular formula is C26H35N3O4. The predicted molar refractivity (Wildman–Crippen MR) is 127 cm³/mol. The number of rotatable bonds is 7. The van der Waals surface area contributed by atoms with E-state index in [1.54, 1.807) is 20.8 Å². The zero-order chi connectivity index (χ0) is 24.1. The number of nitrogens with zero attached hydrogens (tertiary/aromatic N) is 1. The van der Waals surface area contributed by atoms with E-state index in [9.17, 15) is 14.4 Å². The zero-order valence-corrected chi connectivity index (χ0v) is 20.3. The summed E-state index contributed by atoms with van der Waals surface area (Å²) in [6.45, 7) is 11.3. The number of carbonyl (C=O) groups excluding carboxylic acids is 3. The molecule has 0 bridgehead atoms. The van der Waals surface area contributed by atoms with Crippen molar-refractivity contribution in [2.75, 3.05) is 19.7 Å². The van der Waals surface area contributed by atoms with E-state index >= 15 is 0 Å². The zero-order valence-electron chi connectivity index (χ0n) is 20.3. The van der Waals surface area contributed by atoms with Crippen LogP contribution in [-0.2, 0) is 16.1 Å². The number of hydrogen-bond donors (Lipinski definition) is 2. The Morgan fingerprint density at radius 1 is 1.15 bits per heavy atom. The number of benzene rings is 1. The van der Waals surface area contributed by atoms with Gasteiger partial charge < -0.3 is 19.9 Å². The van der Waals surface area contributed by atoms with Crippen molar-refractivity contribution in [3.05, 3.63) is 57.9 Å². The maximum absolute atomic E-state index is 13.1. The predicted octanol–water partition coefficient (Wildman–Crippen LogP) is 3.92. The molecule has 2 heterocycles. The van der Waals surface area contributed by atoms with Crippen molar-refractivity contribution >= 4 is 17.8 Å². The lowest BCUT2D eigenvalue weighted by Crippen LogP contribution is -2.43. The summed E-state index contributed by atoms with van der Waals surface area (Å²) in [5, 5.41) is 3.07. The number of aryl methyl sites for hydroxylation is 2. The first-order valence-corrected chi connectivity index (χ1v) is 11.7. The van der Waals surface area contributed by atoms with Gasteiger partial charge in [-0.2, -0.15) is 0 Å². The SMILES string of the molecule is CCOC(=O)c1c(C)[nH]c(C(=O)N2CCC([C@H](C)C(=O)NCc3ccccc3C)CC2)c1C. The second-order valence-electron chi connectivity index (χ2n) is 8.91. The maximum Gasteiger partial charge on any atom is 0.340 e. The van der Waals surface area contributed by atoms with E-state index in [-0.39, 0.29) is 30.3 Å². The van der Waals surface area contributed by atoms with Crippen molar-refractivity contribution in [1.29, 1.82) is 0 Å². The van der Waals surface area contributed by atoms with Gasteiger partial charge in [0.2, 0.25) is 5.91 Å². The minimum absolute atomic E-state index is 0.0537. The fourth-order valence-electron chi connectivity index (χ4n) is 4.60. The van der Waals surface area contributed by atoms with Gasteiger partial charge in [0.05, 0.1) is 12.2 Å². The van der Waals surface area contributed by atoms with Gasteiger partial charge >= 0.3 is 5.97 Å². The number of amides is 2.